The van der Waals surface area contributed by atoms with Gasteiger partial charge in [-0.1, -0.05) is 13.8 Å². The summed E-state index contributed by atoms with van der Waals surface area (Å²) in [5.41, 5.74) is 5.90. The molecule has 1 aliphatic heterocycles. The minimum Gasteiger partial charge on any atom is -0.370 e. The van der Waals surface area contributed by atoms with Gasteiger partial charge < -0.3 is 10.6 Å². The lowest BCUT2D eigenvalue weighted by Gasteiger charge is -2.21. The van der Waals surface area contributed by atoms with Crippen LogP contribution in [0.2, 0.25) is 0 Å². The minimum atomic E-state index is -0.0703. The van der Waals surface area contributed by atoms with E-state index in [1.165, 1.54) is 0 Å². The third-order valence-corrected chi connectivity index (χ3v) is 2.76. The summed E-state index contributed by atoms with van der Waals surface area (Å²) >= 11 is 0. The standard InChI is InChI=1S/C11H23N3/c1-8-6-14(7-9(8)2)10(12)13-11(3,4)5/h8-9H,6-7H2,1-5H3,(H2,12,13). The number of aliphatic imine (C=N–C) groups is 1. The van der Waals surface area contributed by atoms with Crippen molar-refractivity contribution in [3.8, 4) is 0 Å². The van der Waals surface area contributed by atoms with Crippen LogP contribution in [0.5, 0.6) is 0 Å². The van der Waals surface area contributed by atoms with Gasteiger partial charge in [0.1, 0.15) is 0 Å². The van der Waals surface area contributed by atoms with Crippen LogP contribution < -0.4 is 5.73 Å². The summed E-state index contributed by atoms with van der Waals surface area (Å²) in [6.07, 6.45) is 0. The van der Waals surface area contributed by atoms with E-state index in [0.29, 0.717) is 5.96 Å². The van der Waals surface area contributed by atoms with Gasteiger partial charge in [-0.2, -0.15) is 0 Å². The summed E-state index contributed by atoms with van der Waals surface area (Å²) in [5, 5.41) is 0. The van der Waals surface area contributed by atoms with Crippen molar-refractivity contribution in [1.29, 1.82) is 0 Å². The van der Waals surface area contributed by atoms with Gasteiger partial charge in [0, 0.05) is 13.1 Å². The molecule has 0 saturated carbocycles. The lowest BCUT2D eigenvalue weighted by Crippen LogP contribution is -2.37. The highest BCUT2D eigenvalue weighted by Crippen LogP contribution is 2.22. The van der Waals surface area contributed by atoms with Crippen LogP contribution >= 0.6 is 0 Å². The lowest BCUT2D eigenvalue weighted by atomic mass is 10.0. The number of hydrogen-bond acceptors (Lipinski definition) is 1. The Morgan fingerprint density at radius 1 is 1.21 bits per heavy atom. The Hall–Kier alpha value is -0.730. The zero-order valence-electron chi connectivity index (χ0n) is 10.0. The molecule has 0 amide bonds. The number of nitrogens with two attached hydrogens (primary N) is 1. The molecule has 2 atom stereocenters. The third kappa shape index (κ3) is 2.89. The second-order valence-corrected chi connectivity index (χ2v) is 5.50. The molecule has 2 N–H and O–H groups in total. The molecule has 1 heterocycles. The van der Waals surface area contributed by atoms with E-state index in [-0.39, 0.29) is 5.54 Å². The maximum atomic E-state index is 5.97. The lowest BCUT2D eigenvalue weighted by molar-refractivity contribution is 0.469. The average Bonchev–Trinajstić information content (AvgIpc) is 2.28. The molecule has 0 aliphatic carbocycles. The Morgan fingerprint density at radius 3 is 2.00 bits per heavy atom. The molecule has 1 rings (SSSR count). The molecular weight excluding hydrogens is 174 g/mol. The number of likely N-dealkylation sites (tertiary alicyclic amines) is 1. The Balaban J connectivity index is 2.64. The zero-order chi connectivity index (χ0) is 10.9. The normalized spacial score (nSPS) is 29.8. The first-order valence-electron chi connectivity index (χ1n) is 5.40. The predicted octanol–water partition coefficient (Wildman–Crippen LogP) is 1.69. The maximum absolute atomic E-state index is 5.97. The van der Waals surface area contributed by atoms with E-state index in [4.69, 9.17) is 5.73 Å². The van der Waals surface area contributed by atoms with Crippen LogP contribution in [0, 0.1) is 11.8 Å². The van der Waals surface area contributed by atoms with Crippen LogP contribution in [0.3, 0.4) is 0 Å². The van der Waals surface area contributed by atoms with Gasteiger partial charge in [-0.05, 0) is 32.6 Å². The van der Waals surface area contributed by atoms with E-state index in [0.717, 1.165) is 24.9 Å². The van der Waals surface area contributed by atoms with E-state index < -0.39 is 0 Å². The van der Waals surface area contributed by atoms with E-state index >= 15 is 0 Å². The molecule has 0 bridgehead atoms. The summed E-state index contributed by atoms with van der Waals surface area (Å²) in [5.74, 6) is 2.15. The van der Waals surface area contributed by atoms with Crippen molar-refractivity contribution in [1.82, 2.24) is 4.90 Å². The van der Waals surface area contributed by atoms with Gasteiger partial charge in [0.15, 0.2) is 5.96 Å². The van der Waals surface area contributed by atoms with Gasteiger partial charge in [-0.25, -0.2) is 4.99 Å². The first-order chi connectivity index (χ1) is 6.29. The quantitative estimate of drug-likeness (QED) is 0.474. The highest BCUT2D eigenvalue weighted by molar-refractivity contribution is 5.78. The van der Waals surface area contributed by atoms with Crippen LogP contribution in [0.25, 0.3) is 0 Å². The molecule has 1 fully saturated rings. The molecule has 2 unspecified atom stereocenters. The van der Waals surface area contributed by atoms with Crippen molar-refractivity contribution in [2.75, 3.05) is 13.1 Å². The second-order valence-electron chi connectivity index (χ2n) is 5.50. The minimum absolute atomic E-state index is 0.0703. The first kappa shape index (κ1) is 11.3. The topological polar surface area (TPSA) is 41.6 Å². The predicted molar refractivity (Wildman–Crippen MR) is 61.3 cm³/mol. The SMILES string of the molecule is CC1CN(C(N)=NC(C)(C)C)CC1C. The summed E-state index contributed by atoms with van der Waals surface area (Å²) in [6, 6.07) is 0. The molecule has 0 spiro atoms. The Morgan fingerprint density at radius 2 is 1.64 bits per heavy atom. The molecule has 3 nitrogen and oxygen atoms in total. The highest BCUT2D eigenvalue weighted by Gasteiger charge is 2.27. The van der Waals surface area contributed by atoms with Crippen molar-refractivity contribution in [3.05, 3.63) is 0 Å². The summed E-state index contributed by atoms with van der Waals surface area (Å²) in [6.45, 7) is 12.9. The maximum Gasteiger partial charge on any atom is 0.191 e. The first-order valence-corrected chi connectivity index (χ1v) is 5.40. The smallest absolute Gasteiger partial charge is 0.191 e. The van der Waals surface area contributed by atoms with Crippen LogP contribution in [-0.2, 0) is 0 Å². The average molecular weight is 197 g/mol. The number of nitrogens with zero attached hydrogens (tertiary/aromatic N) is 2. The van der Waals surface area contributed by atoms with Crippen LogP contribution in [0.15, 0.2) is 4.99 Å². The van der Waals surface area contributed by atoms with E-state index in [1.807, 2.05) is 0 Å². The number of guanidine groups is 1. The van der Waals surface area contributed by atoms with Gasteiger partial charge in [-0.3, -0.25) is 0 Å². The molecule has 0 aromatic carbocycles. The summed E-state index contributed by atoms with van der Waals surface area (Å²) in [7, 11) is 0. The summed E-state index contributed by atoms with van der Waals surface area (Å²) < 4.78 is 0. The van der Waals surface area contributed by atoms with E-state index in [2.05, 4.69) is 44.5 Å². The van der Waals surface area contributed by atoms with Gasteiger partial charge in [-0.15, -0.1) is 0 Å². The monoisotopic (exact) mass is 197 g/mol. The second kappa shape index (κ2) is 3.79. The van der Waals surface area contributed by atoms with Crippen molar-refractivity contribution < 1.29 is 0 Å². The molecule has 14 heavy (non-hydrogen) atoms. The zero-order valence-corrected chi connectivity index (χ0v) is 10.0. The largest absolute Gasteiger partial charge is 0.370 e. The van der Waals surface area contributed by atoms with Crippen LogP contribution in [-0.4, -0.2) is 29.5 Å². The van der Waals surface area contributed by atoms with Crippen molar-refractivity contribution in [2.45, 2.75) is 40.2 Å². The molecule has 0 aromatic rings. The third-order valence-electron chi connectivity index (χ3n) is 2.76. The molecule has 1 aliphatic rings. The molecule has 3 heteroatoms. The number of hydrogen-bond donors (Lipinski definition) is 1. The van der Waals surface area contributed by atoms with Crippen molar-refractivity contribution >= 4 is 5.96 Å². The molecule has 1 saturated heterocycles. The fraction of sp³-hybridized carbons (Fsp3) is 0.909. The fourth-order valence-electron chi connectivity index (χ4n) is 1.73. The Bertz CT molecular complexity index is 217. The molecule has 82 valence electrons. The van der Waals surface area contributed by atoms with Gasteiger partial charge in [0.25, 0.3) is 0 Å². The van der Waals surface area contributed by atoms with Gasteiger partial charge >= 0.3 is 0 Å². The Labute approximate surface area is 87.4 Å². The molecule has 0 radical (unpaired) electrons. The van der Waals surface area contributed by atoms with Crippen molar-refractivity contribution in [3.63, 3.8) is 0 Å². The van der Waals surface area contributed by atoms with Crippen LogP contribution in [0.1, 0.15) is 34.6 Å². The number of rotatable bonds is 0. The van der Waals surface area contributed by atoms with Crippen molar-refractivity contribution in [2.24, 2.45) is 22.6 Å². The van der Waals surface area contributed by atoms with E-state index in [1.54, 1.807) is 0 Å². The fourth-order valence-corrected chi connectivity index (χ4v) is 1.73. The summed E-state index contributed by atoms with van der Waals surface area (Å²) in [4.78, 5) is 6.68. The van der Waals surface area contributed by atoms with Crippen LogP contribution in [0.4, 0.5) is 0 Å². The van der Waals surface area contributed by atoms with Gasteiger partial charge in [0.05, 0.1) is 5.54 Å². The molecule has 0 aromatic heterocycles. The van der Waals surface area contributed by atoms with E-state index in [9.17, 15) is 0 Å². The highest BCUT2D eigenvalue weighted by atomic mass is 15.3. The Kier molecular flexibility index (Phi) is 3.07. The van der Waals surface area contributed by atoms with Gasteiger partial charge in [0.2, 0.25) is 0 Å². The molecular formula is C11H23N3.